The van der Waals surface area contributed by atoms with E-state index >= 15 is 0 Å². The van der Waals surface area contributed by atoms with Crippen molar-refractivity contribution in [3.8, 4) is 5.75 Å². The van der Waals surface area contributed by atoms with Gasteiger partial charge in [0.1, 0.15) is 11.4 Å². The van der Waals surface area contributed by atoms with Gasteiger partial charge < -0.3 is 19.7 Å². The van der Waals surface area contributed by atoms with Gasteiger partial charge in [0.2, 0.25) is 0 Å². The molecule has 2 aromatic rings. The number of hydrogen-bond acceptors (Lipinski definition) is 6. The number of rotatable bonds is 11. The van der Waals surface area contributed by atoms with Crippen molar-refractivity contribution in [2.24, 2.45) is 0 Å². The molecule has 1 saturated heterocycles. The molecule has 0 aliphatic carbocycles. The molecule has 1 fully saturated rings. The van der Waals surface area contributed by atoms with Crippen molar-refractivity contribution in [1.29, 1.82) is 0 Å². The number of benzene rings is 1. The molecule has 0 unspecified atom stereocenters. The highest BCUT2D eigenvalue weighted by molar-refractivity contribution is 7.09. The van der Waals surface area contributed by atoms with Gasteiger partial charge in [0, 0.05) is 44.1 Å². The van der Waals surface area contributed by atoms with Crippen LogP contribution in [0.3, 0.4) is 0 Å². The van der Waals surface area contributed by atoms with Crippen LogP contribution in [0.15, 0.2) is 29.6 Å². The van der Waals surface area contributed by atoms with E-state index in [0.29, 0.717) is 42.7 Å². The molecule has 1 N–H and O–H groups in total. The Balaban J connectivity index is 1.47. The zero-order chi connectivity index (χ0) is 24.6. The van der Waals surface area contributed by atoms with Crippen LogP contribution >= 0.6 is 22.9 Å². The molecule has 0 radical (unpaired) electrons. The van der Waals surface area contributed by atoms with Gasteiger partial charge >= 0.3 is 0 Å². The van der Waals surface area contributed by atoms with E-state index in [4.69, 9.17) is 21.1 Å². The van der Waals surface area contributed by atoms with Gasteiger partial charge in [-0.3, -0.25) is 9.59 Å². The van der Waals surface area contributed by atoms with Gasteiger partial charge in [0.25, 0.3) is 11.8 Å². The van der Waals surface area contributed by atoms with Gasteiger partial charge in [-0.25, -0.2) is 4.98 Å². The second kappa shape index (κ2) is 12.5. The van der Waals surface area contributed by atoms with E-state index < -0.39 is 5.60 Å². The summed E-state index contributed by atoms with van der Waals surface area (Å²) in [6.07, 6.45) is 3.38. The summed E-state index contributed by atoms with van der Waals surface area (Å²) in [5.74, 6) is 0.530. The number of thiazole rings is 1. The number of nitrogens with one attached hydrogen (secondary N) is 1. The van der Waals surface area contributed by atoms with Crippen molar-refractivity contribution in [3.63, 3.8) is 0 Å². The van der Waals surface area contributed by atoms with Crippen LogP contribution in [0.25, 0.3) is 0 Å². The highest BCUT2D eigenvalue weighted by Gasteiger charge is 2.37. The van der Waals surface area contributed by atoms with Crippen LogP contribution in [0, 0.1) is 0 Å². The molecular formula is C25H34ClN3O4S. The van der Waals surface area contributed by atoms with Gasteiger partial charge in [-0.05, 0) is 51.7 Å². The second-order valence-electron chi connectivity index (χ2n) is 8.90. The molecular weight excluding hydrogens is 474 g/mol. The molecule has 186 valence electrons. The first-order valence-corrected chi connectivity index (χ1v) is 13.1. The van der Waals surface area contributed by atoms with Crippen LogP contribution in [-0.2, 0) is 9.53 Å². The third-order valence-electron chi connectivity index (χ3n) is 5.70. The fraction of sp³-hybridized carbons (Fsp3) is 0.560. The minimum Gasteiger partial charge on any atom is -0.476 e. The molecule has 3 rings (SSSR count). The molecule has 1 aromatic heterocycles. The summed E-state index contributed by atoms with van der Waals surface area (Å²) >= 11 is 7.71. The van der Waals surface area contributed by atoms with E-state index in [-0.39, 0.29) is 17.7 Å². The summed E-state index contributed by atoms with van der Waals surface area (Å²) in [7, 11) is 0. The fourth-order valence-electron chi connectivity index (χ4n) is 3.85. The predicted molar refractivity (Wildman–Crippen MR) is 135 cm³/mol. The number of ether oxygens (including phenoxy) is 2. The lowest BCUT2D eigenvalue weighted by atomic mass is 9.96. The van der Waals surface area contributed by atoms with Gasteiger partial charge in [0.15, 0.2) is 5.60 Å². The fourth-order valence-corrected chi connectivity index (χ4v) is 4.99. The number of piperidine rings is 1. The molecule has 34 heavy (non-hydrogen) atoms. The Morgan fingerprint density at radius 3 is 2.68 bits per heavy atom. The summed E-state index contributed by atoms with van der Waals surface area (Å²) in [5, 5.41) is 6.16. The highest BCUT2D eigenvalue weighted by Crippen LogP contribution is 2.33. The number of aromatic nitrogens is 1. The number of carbonyl (C=O) groups is 2. The summed E-state index contributed by atoms with van der Waals surface area (Å²) < 4.78 is 11.4. The third kappa shape index (κ3) is 7.17. The Hall–Kier alpha value is -2.16. The first kappa shape index (κ1) is 26.4. The largest absolute Gasteiger partial charge is 0.476 e. The molecule has 1 aromatic carbocycles. The first-order chi connectivity index (χ1) is 16.3. The van der Waals surface area contributed by atoms with E-state index in [1.165, 1.54) is 11.3 Å². The highest BCUT2D eigenvalue weighted by atomic mass is 35.5. The number of para-hydroxylation sites is 1. The predicted octanol–water partition coefficient (Wildman–Crippen LogP) is 4.91. The molecule has 9 heteroatoms. The molecule has 0 saturated carbocycles. The molecule has 1 aliphatic rings. The van der Waals surface area contributed by atoms with E-state index in [1.54, 1.807) is 26.0 Å². The Morgan fingerprint density at radius 1 is 1.24 bits per heavy atom. The maximum atomic E-state index is 13.1. The van der Waals surface area contributed by atoms with E-state index in [9.17, 15) is 9.59 Å². The number of amides is 2. The molecule has 2 heterocycles. The van der Waals surface area contributed by atoms with Crippen LogP contribution in [-0.4, -0.2) is 60.1 Å². The number of likely N-dealkylation sites (tertiary alicyclic amines) is 1. The molecule has 0 spiro atoms. The summed E-state index contributed by atoms with van der Waals surface area (Å²) in [6.45, 7) is 8.82. The Labute approximate surface area is 210 Å². The SMILES string of the molecule is CCCOCCCNC(=O)c1csc(C2CCN(C(=O)C(C)(C)Oc3ccccc3Cl)CC2)n1. The normalized spacial score (nSPS) is 14.8. The van der Waals surface area contributed by atoms with Crippen LogP contribution in [0.1, 0.15) is 67.9 Å². The number of carbonyl (C=O) groups excluding carboxylic acids is 2. The summed E-state index contributed by atoms with van der Waals surface area (Å²) in [5.41, 5.74) is -0.562. The van der Waals surface area contributed by atoms with Crippen molar-refractivity contribution < 1.29 is 19.1 Å². The van der Waals surface area contributed by atoms with Crippen LogP contribution < -0.4 is 10.1 Å². The summed E-state index contributed by atoms with van der Waals surface area (Å²) in [6, 6.07) is 7.16. The van der Waals surface area contributed by atoms with Crippen molar-refractivity contribution in [3.05, 3.63) is 45.4 Å². The molecule has 7 nitrogen and oxygen atoms in total. The average Bonchev–Trinajstić information content (AvgIpc) is 3.33. The van der Waals surface area contributed by atoms with Gasteiger partial charge in [-0.15, -0.1) is 11.3 Å². The van der Waals surface area contributed by atoms with Crippen molar-refractivity contribution in [1.82, 2.24) is 15.2 Å². The number of nitrogens with zero attached hydrogens (tertiary/aromatic N) is 2. The molecule has 0 bridgehead atoms. The zero-order valence-corrected chi connectivity index (χ0v) is 21.7. The number of halogens is 1. The molecule has 2 amide bonds. The standard InChI is InChI=1S/C25H34ClN3O4S/c1-4-15-32-16-7-12-27-22(30)20-17-34-23(28-20)18-10-13-29(14-11-18)24(31)25(2,3)33-21-9-6-5-8-19(21)26/h5-6,8-9,17-18H,4,7,10-16H2,1-3H3,(H,27,30). The minimum absolute atomic E-state index is 0.0620. The Morgan fingerprint density at radius 2 is 1.97 bits per heavy atom. The van der Waals surface area contributed by atoms with E-state index in [1.807, 2.05) is 22.4 Å². The quantitative estimate of drug-likeness (QED) is 0.437. The minimum atomic E-state index is -1.02. The van der Waals surface area contributed by atoms with Crippen molar-refractivity contribution in [2.45, 2.75) is 58.0 Å². The van der Waals surface area contributed by atoms with Crippen LogP contribution in [0.5, 0.6) is 5.75 Å². The molecule has 1 aliphatic heterocycles. The van der Waals surface area contributed by atoms with E-state index in [2.05, 4.69) is 17.2 Å². The van der Waals surface area contributed by atoms with Crippen molar-refractivity contribution >= 4 is 34.8 Å². The molecule has 0 atom stereocenters. The van der Waals surface area contributed by atoms with Gasteiger partial charge in [-0.1, -0.05) is 30.7 Å². The monoisotopic (exact) mass is 507 g/mol. The zero-order valence-electron chi connectivity index (χ0n) is 20.1. The summed E-state index contributed by atoms with van der Waals surface area (Å²) in [4.78, 5) is 31.9. The average molecular weight is 508 g/mol. The maximum Gasteiger partial charge on any atom is 0.270 e. The van der Waals surface area contributed by atoms with Gasteiger partial charge in [0.05, 0.1) is 10.0 Å². The Kier molecular flexibility index (Phi) is 9.74. The lowest BCUT2D eigenvalue weighted by molar-refractivity contribution is -0.146. The lowest BCUT2D eigenvalue weighted by Gasteiger charge is -2.36. The first-order valence-electron chi connectivity index (χ1n) is 11.9. The second-order valence-corrected chi connectivity index (χ2v) is 10.2. The van der Waals surface area contributed by atoms with Crippen LogP contribution in [0.4, 0.5) is 0 Å². The third-order valence-corrected chi connectivity index (χ3v) is 7.02. The lowest BCUT2D eigenvalue weighted by Crippen LogP contribution is -2.51. The smallest absolute Gasteiger partial charge is 0.270 e. The van der Waals surface area contributed by atoms with Gasteiger partial charge in [-0.2, -0.15) is 0 Å². The van der Waals surface area contributed by atoms with Crippen LogP contribution in [0.2, 0.25) is 5.02 Å². The van der Waals surface area contributed by atoms with Crippen molar-refractivity contribution in [2.75, 3.05) is 32.8 Å². The maximum absolute atomic E-state index is 13.1. The number of hydrogen-bond donors (Lipinski definition) is 1. The topological polar surface area (TPSA) is 80.8 Å². The Bertz CT molecular complexity index is 957. The van der Waals surface area contributed by atoms with E-state index in [0.717, 1.165) is 37.3 Å².